The van der Waals surface area contributed by atoms with Gasteiger partial charge in [-0.1, -0.05) is 64.0 Å². The van der Waals surface area contributed by atoms with Crippen molar-refractivity contribution < 1.29 is 14.3 Å². The van der Waals surface area contributed by atoms with Crippen LogP contribution in [0.4, 0.5) is 0 Å². The normalized spacial score (nSPS) is 18.5. The molecule has 0 aromatic carbocycles. The highest BCUT2D eigenvalue weighted by Crippen LogP contribution is 2.27. The number of unbranched alkanes of at least 4 members (excludes halogenated alkanes) is 8. The Morgan fingerprint density at radius 2 is 1.79 bits per heavy atom. The lowest BCUT2D eigenvalue weighted by Crippen LogP contribution is -2.03. The van der Waals surface area contributed by atoms with Crippen LogP contribution in [0, 0.1) is 5.92 Å². The van der Waals surface area contributed by atoms with Crippen LogP contribution in [-0.4, -0.2) is 18.9 Å². The standard InChI is InChI=1S/C21H34O3/c1-3-4-5-6-7-10-13-18-16-17-20(22)19(18)14-11-8-9-12-15-21(23)24-2/h14,16-18H,3-13,15H2,1-2H3/b19-14+/t18-/m0/s1. The quantitative estimate of drug-likeness (QED) is 0.252. The maximum atomic E-state index is 12.0. The van der Waals surface area contributed by atoms with Gasteiger partial charge in [0, 0.05) is 17.9 Å². The van der Waals surface area contributed by atoms with Gasteiger partial charge >= 0.3 is 5.97 Å². The van der Waals surface area contributed by atoms with E-state index in [1.54, 1.807) is 6.08 Å². The number of ether oxygens (including phenoxy) is 1. The number of hydrogen-bond acceptors (Lipinski definition) is 3. The van der Waals surface area contributed by atoms with Crippen LogP contribution in [0.1, 0.15) is 84.0 Å². The summed E-state index contributed by atoms with van der Waals surface area (Å²) in [6.45, 7) is 2.24. The molecule has 1 aliphatic rings. The zero-order valence-electron chi connectivity index (χ0n) is 15.5. The summed E-state index contributed by atoms with van der Waals surface area (Å²) in [6, 6.07) is 0. The smallest absolute Gasteiger partial charge is 0.305 e. The first-order valence-electron chi connectivity index (χ1n) is 9.68. The van der Waals surface area contributed by atoms with Crippen LogP contribution in [0.2, 0.25) is 0 Å². The molecule has 0 saturated heterocycles. The summed E-state index contributed by atoms with van der Waals surface area (Å²) in [4.78, 5) is 23.0. The van der Waals surface area contributed by atoms with E-state index in [-0.39, 0.29) is 11.8 Å². The van der Waals surface area contributed by atoms with E-state index in [2.05, 4.69) is 23.8 Å². The minimum atomic E-state index is -0.137. The van der Waals surface area contributed by atoms with Gasteiger partial charge in [0.15, 0.2) is 5.78 Å². The fourth-order valence-electron chi connectivity index (χ4n) is 3.18. The molecular formula is C21H34O3. The van der Waals surface area contributed by atoms with Crippen LogP contribution in [0.5, 0.6) is 0 Å². The Bertz CT molecular complexity index is 434. The molecule has 0 saturated carbocycles. The average molecular weight is 335 g/mol. The molecule has 0 amide bonds. The van der Waals surface area contributed by atoms with Gasteiger partial charge in [-0.15, -0.1) is 0 Å². The minimum absolute atomic E-state index is 0.137. The van der Waals surface area contributed by atoms with Crippen LogP contribution < -0.4 is 0 Å². The minimum Gasteiger partial charge on any atom is -0.469 e. The molecule has 0 aromatic rings. The molecule has 3 nitrogen and oxygen atoms in total. The molecule has 0 bridgehead atoms. The van der Waals surface area contributed by atoms with Gasteiger partial charge in [0.1, 0.15) is 0 Å². The molecule has 0 aromatic heterocycles. The van der Waals surface area contributed by atoms with Crippen LogP contribution >= 0.6 is 0 Å². The molecule has 0 aliphatic heterocycles. The lowest BCUT2D eigenvalue weighted by molar-refractivity contribution is -0.140. The molecule has 0 fully saturated rings. The first-order chi connectivity index (χ1) is 11.7. The number of allylic oxidation sites excluding steroid dienone is 4. The summed E-state index contributed by atoms with van der Waals surface area (Å²) in [5, 5.41) is 0. The number of esters is 1. The third-order valence-corrected chi connectivity index (χ3v) is 4.71. The number of carbonyl (C=O) groups excluding carboxylic acids is 2. The van der Waals surface area contributed by atoms with Crippen molar-refractivity contribution in [3.63, 3.8) is 0 Å². The van der Waals surface area contributed by atoms with Gasteiger partial charge in [0.2, 0.25) is 0 Å². The van der Waals surface area contributed by atoms with Gasteiger partial charge in [-0.2, -0.15) is 0 Å². The molecule has 136 valence electrons. The van der Waals surface area contributed by atoms with Crippen molar-refractivity contribution >= 4 is 11.8 Å². The molecule has 0 N–H and O–H groups in total. The fraction of sp³-hybridized carbons (Fsp3) is 0.714. The molecular weight excluding hydrogens is 300 g/mol. The first kappa shape index (κ1) is 20.7. The largest absolute Gasteiger partial charge is 0.469 e. The summed E-state index contributed by atoms with van der Waals surface area (Å²) < 4.78 is 4.63. The Morgan fingerprint density at radius 3 is 2.54 bits per heavy atom. The van der Waals surface area contributed by atoms with Crippen LogP contribution in [0.15, 0.2) is 23.8 Å². The van der Waals surface area contributed by atoms with Crippen molar-refractivity contribution in [3.8, 4) is 0 Å². The van der Waals surface area contributed by atoms with Gasteiger partial charge in [-0.25, -0.2) is 0 Å². The Kier molecular flexibility index (Phi) is 11.2. The Hall–Kier alpha value is -1.38. The van der Waals surface area contributed by atoms with Crippen molar-refractivity contribution in [2.24, 2.45) is 5.92 Å². The van der Waals surface area contributed by atoms with E-state index in [1.807, 2.05) is 0 Å². The fourth-order valence-corrected chi connectivity index (χ4v) is 3.18. The molecule has 0 unspecified atom stereocenters. The molecule has 1 atom stereocenters. The van der Waals surface area contributed by atoms with Crippen LogP contribution in [-0.2, 0) is 14.3 Å². The van der Waals surface area contributed by atoms with E-state index < -0.39 is 0 Å². The molecule has 3 heteroatoms. The van der Waals surface area contributed by atoms with E-state index in [0.717, 1.165) is 37.7 Å². The molecule has 24 heavy (non-hydrogen) atoms. The summed E-state index contributed by atoms with van der Waals surface area (Å²) in [5.41, 5.74) is 0.997. The predicted octanol–water partition coefficient (Wildman–Crippen LogP) is 5.54. The van der Waals surface area contributed by atoms with E-state index in [4.69, 9.17) is 0 Å². The molecule has 1 rings (SSSR count). The van der Waals surface area contributed by atoms with Gasteiger partial charge in [0.05, 0.1) is 7.11 Å². The van der Waals surface area contributed by atoms with Gasteiger partial charge in [-0.3, -0.25) is 9.59 Å². The topological polar surface area (TPSA) is 43.4 Å². The van der Waals surface area contributed by atoms with Crippen LogP contribution in [0.3, 0.4) is 0 Å². The maximum absolute atomic E-state index is 12.0. The molecule has 1 aliphatic carbocycles. The number of hydrogen-bond donors (Lipinski definition) is 0. The van der Waals surface area contributed by atoms with Crippen LogP contribution in [0.25, 0.3) is 0 Å². The molecule has 0 heterocycles. The maximum Gasteiger partial charge on any atom is 0.305 e. The summed E-state index contributed by atoms with van der Waals surface area (Å²) in [7, 11) is 1.43. The van der Waals surface area contributed by atoms with Crippen molar-refractivity contribution in [3.05, 3.63) is 23.8 Å². The van der Waals surface area contributed by atoms with Crippen molar-refractivity contribution in [2.75, 3.05) is 7.11 Å². The van der Waals surface area contributed by atoms with Crippen molar-refractivity contribution in [2.45, 2.75) is 84.0 Å². The Morgan fingerprint density at radius 1 is 1.08 bits per heavy atom. The lowest BCUT2D eigenvalue weighted by atomic mass is 9.94. The number of carbonyl (C=O) groups is 2. The summed E-state index contributed by atoms with van der Waals surface area (Å²) in [6.07, 6.45) is 19.1. The van der Waals surface area contributed by atoms with Crippen molar-refractivity contribution in [1.82, 2.24) is 0 Å². The molecule has 0 radical (unpaired) electrons. The van der Waals surface area contributed by atoms with E-state index in [1.165, 1.54) is 45.6 Å². The molecule has 0 spiro atoms. The highest BCUT2D eigenvalue weighted by atomic mass is 16.5. The van der Waals surface area contributed by atoms with E-state index in [9.17, 15) is 9.59 Å². The second-order valence-electron chi connectivity index (χ2n) is 6.72. The van der Waals surface area contributed by atoms with E-state index >= 15 is 0 Å². The predicted molar refractivity (Wildman–Crippen MR) is 98.8 cm³/mol. The highest BCUT2D eigenvalue weighted by molar-refractivity contribution is 6.07. The average Bonchev–Trinajstić information content (AvgIpc) is 2.94. The highest BCUT2D eigenvalue weighted by Gasteiger charge is 2.21. The van der Waals surface area contributed by atoms with Gasteiger partial charge in [-0.05, 0) is 31.8 Å². The Labute approximate surface area is 147 Å². The number of ketones is 1. The second-order valence-corrected chi connectivity index (χ2v) is 6.72. The SMILES string of the molecule is CCCCCCCC[C@H]1C=CC(=O)/C1=C/CCCCCC(=O)OC. The van der Waals surface area contributed by atoms with E-state index in [0.29, 0.717) is 12.3 Å². The monoisotopic (exact) mass is 334 g/mol. The van der Waals surface area contributed by atoms with Gasteiger partial charge in [0.25, 0.3) is 0 Å². The van der Waals surface area contributed by atoms with Crippen molar-refractivity contribution in [1.29, 1.82) is 0 Å². The lowest BCUT2D eigenvalue weighted by Gasteiger charge is -2.10. The second kappa shape index (κ2) is 13.0. The zero-order valence-corrected chi connectivity index (χ0v) is 15.5. The summed E-state index contributed by atoms with van der Waals surface area (Å²) >= 11 is 0. The third-order valence-electron chi connectivity index (χ3n) is 4.71. The van der Waals surface area contributed by atoms with Gasteiger partial charge < -0.3 is 4.74 Å². The Balaban J connectivity index is 2.20. The number of rotatable bonds is 13. The third kappa shape index (κ3) is 8.47. The first-order valence-corrected chi connectivity index (χ1v) is 9.68. The summed E-state index contributed by atoms with van der Waals surface area (Å²) in [5.74, 6) is 0.391. The number of methoxy groups -OCH3 is 1. The zero-order chi connectivity index (χ0) is 17.6.